The number of para-hydroxylation sites is 1. The minimum atomic E-state index is -4.01. The second-order valence-electron chi connectivity index (χ2n) is 8.47. The first-order chi connectivity index (χ1) is 17.7. The number of aromatic hydroxyl groups is 1. The van der Waals surface area contributed by atoms with E-state index in [4.69, 9.17) is 11.6 Å². The van der Waals surface area contributed by atoms with Crippen LogP contribution in [0.1, 0.15) is 29.3 Å². The minimum absolute atomic E-state index is 0.0112. The van der Waals surface area contributed by atoms with Crippen molar-refractivity contribution in [3.63, 3.8) is 0 Å². The predicted octanol–water partition coefficient (Wildman–Crippen LogP) is 4.17. The number of benzene rings is 3. The van der Waals surface area contributed by atoms with Crippen LogP contribution >= 0.6 is 11.6 Å². The first-order valence-electron chi connectivity index (χ1n) is 11.2. The summed E-state index contributed by atoms with van der Waals surface area (Å²) in [6, 6.07) is 14.3. The zero-order valence-corrected chi connectivity index (χ0v) is 23.0. The van der Waals surface area contributed by atoms with Crippen molar-refractivity contribution in [1.82, 2.24) is 0 Å². The molecule has 38 heavy (non-hydrogen) atoms. The molecule has 3 aromatic carbocycles. The van der Waals surface area contributed by atoms with Gasteiger partial charge in [0.15, 0.2) is 9.84 Å². The van der Waals surface area contributed by atoms with Crippen LogP contribution in [0.4, 0.5) is 17.1 Å². The number of sulfonamides is 1. The Morgan fingerprint density at radius 1 is 0.921 bits per heavy atom. The molecule has 4 N–H and O–H groups in total. The summed E-state index contributed by atoms with van der Waals surface area (Å²) < 4.78 is 51.6. The number of hydrogen-bond acceptors (Lipinski definition) is 7. The summed E-state index contributed by atoms with van der Waals surface area (Å²) in [4.78, 5) is 25.8. The molecule has 0 aliphatic rings. The molecule has 0 radical (unpaired) electrons. The van der Waals surface area contributed by atoms with E-state index in [1.54, 1.807) is 32.0 Å². The molecule has 0 heterocycles. The van der Waals surface area contributed by atoms with Crippen LogP contribution in [0.25, 0.3) is 0 Å². The van der Waals surface area contributed by atoms with E-state index < -0.39 is 42.7 Å². The molecule has 202 valence electrons. The average Bonchev–Trinajstić information content (AvgIpc) is 2.81. The standard InChI is InChI=1S/C25H26ClN3O7S2/c1-4-23(38(35,36)16-9-7-8-15(2)12-16)25(32)27-20-14-22(30)21(13-18(20)26)28-24(31)17-10-5-6-11-19(17)29-37(3,33)34/h5-14,23,29-30H,4H2,1-3H3,(H,27,32)(H,28,31). The van der Waals surface area contributed by atoms with Crippen LogP contribution in [-0.2, 0) is 24.7 Å². The number of anilines is 3. The van der Waals surface area contributed by atoms with Gasteiger partial charge in [-0.1, -0.05) is 42.8 Å². The van der Waals surface area contributed by atoms with Crippen molar-refractivity contribution < 1.29 is 31.5 Å². The van der Waals surface area contributed by atoms with Gasteiger partial charge in [-0.2, -0.15) is 0 Å². The average molecular weight is 580 g/mol. The van der Waals surface area contributed by atoms with Gasteiger partial charge in [0.25, 0.3) is 5.91 Å². The third-order valence-corrected chi connectivity index (χ3v) is 8.53. The SMILES string of the molecule is CCC(C(=O)Nc1cc(O)c(NC(=O)c2ccccc2NS(C)(=O)=O)cc1Cl)S(=O)(=O)c1cccc(C)c1. The Morgan fingerprint density at radius 3 is 2.24 bits per heavy atom. The Kier molecular flexibility index (Phi) is 8.70. The molecule has 0 aliphatic carbocycles. The Labute approximate surface area is 226 Å². The highest BCUT2D eigenvalue weighted by Gasteiger charge is 2.33. The second-order valence-corrected chi connectivity index (χ2v) is 12.8. The fraction of sp³-hybridized carbons (Fsp3) is 0.200. The number of phenols is 1. The first kappa shape index (κ1) is 29.0. The summed E-state index contributed by atoms with van der Waals surface area (Å²) in [5.74, 6) is -2.05. The summed E-state index contributed by atoms with van der Waals surface area (Å²) in [6.45, 7) is 3.30. The van der Waals surface area contributed by atoms with Gasteiger partial charge in [0.05, 0.1) is 38.8 Å². The van der Waals surface area contributed by atoms with E-state index >= 15 is 0 Å². The lowest BCUT2D eigenvalue weighted by atomic mass is 10.1. The summed E-state index contributed by atoms with van der Waals surface area (Å²) in [5, 5.41) is 13.9. The zero-order valence-electron chi connectivity index (χ0n) is 20.6. The van der Waals surface area contributed by atoms with Crippen LogP contribution < -0.4 is 15.4 Å². The monoisotopic (exact) mass is 579 g/mol. The largest absolute Gasteiger partial charge is 0.506 e. The van der Waals surface area contributed by atoms with Gasteiger partial charge in [-0.3, -0.25) is 14.3 Å². The van der Waals surface area contributed by atoms with Gasteiger partial charge in [0, 0.05) is 6.07 Å². The van der Waals surface area contributed by atoms with Gasteiger partial charge in [-0.15, -0.1) is 0 Å². The first-order valence-corrected chi connectivity index (χ1v) is 15.1. The van der Waals surface area contributed by atoms with Crippen LogP contribution in [-0.4, -0.2) is 45.3 Å². The number of sulfone groups is 1. The molecular weight excluding hydrogens is 554 g/mol. The van der Waals surface area contributed by atoms with Crippen LogP contribution in [0.3, 0.4) is 0 Å². The molecule has 0 bridgehead atoms. The van der Waals surface area contributed by atoms with E-state index in [1.165, 1.54) is 36.4 Å². The van der Waals surface area contributed by atoms with Crippen LogP contribution in [0.5, 0.6) is 5.75 Å². The summed E-state index contributed by atoms with van der Waals surface area (Å²) in [7, 11) is -7.67. The number of phenolic OH excluding ortho intramolecular Hbond substituents is 1. The number of carbonyl (C=O) groups is 2. The normalized spacial score (nSPS) is 12.4. The fourth-order valence-electron chi connectivity index (χ4n) is 3.63. The fourth-order valence-corrected chi connectivity index (χ4v) is 6.15. The third-order valence-electron chi connectivity index (χ3n) is 5.41. The Balaban J connectivity index is 1.83. The quantitative estimate of drug-likeness (QED) is 0.277. The van der Waals surface area contributed by atoms with Crippen molar-refractivity contribution in [2.24, 2.45) is 0 Å². The summed E-state index contributed by atoms with van der Waals surface area (Å²) >= 11 is 6.27. The van der Waals surface area contributed by atoms with Gasteiger partial charge in [-0.25, -0.2) is 16.8 Å². The topological polar surface area (TPSA) is 159 Å². The van der Waals surface area contributed by atoms with Crippen LogP contribution in [0.15, 0.2) is 65.6 Å². The van der Waals surface area contributed by atoms with Crippen molar-refractivity contribution in [3.8, 4) is 5.75 Å². The lowest BCUT2D eigenvalue weighted by Gasteiger charge is -2.18. The molecule has 1 unspecified atom stereocenters. The smallest absolute Gasteiger partial charge is 0.257 e. The minimum Gasteiger partial charge on any atom is -0.506 e. The maximum Gasteiger partial charge on any atom is 0.257 e. The molecule has 13 heteroatoms. The van der Waals surface area contributed by atoms with E-state index in [0.29, 0.717) is 0 Å². The number of halogens is 1. The molecular formula is C25H26ClN3O7S2. The predicted molar refractivity (Wildman–Crippen MR) is 147 cm³/mol. The van der Waals surface area contributed by atoms with Crippen molar-refractivity contribution in [2.75, 3.05) is 21.6 Å². The summed E-state index contributed by atoms with van der Waals surface area (Å²) in [6.07, 6.45) is 0.927. The third kappa shape index (κ3) is 6.82. The van der Waals surface area contributed by atoms with Crippen molar-refractivity contribution in [2.45, 2.75) is 30.4 Å². The molecule has 0 aromatic heterocycles. The number of rotatable bonds is 9. The van der Waals surface area contributed by atoms with Gasteiger partial charge in [-0.05, 0) is 49.2 Å². The molecule has 10 nitrogen and oxygen atoms in total. The lowest BCUT2D eigenvalue weighted by molar-refractivity contribution is -0.115. The zero-order chi connectivity index (χ0) is 28.3. The highest BCUT2D eigenvalue weighted by atomic mass is 35.5. The van der Waals surface area contributed by atoms with Gasteiger partial charge < -0.3 is 15.7 Å². The van der Waals surface area contributed by atoms with Gasteiger partial charge >= 0.3 is 0 Å². The molecule has 3 rings (SSSR count). The van der Waals surface area contributed by atoms with E-state index in [0.717, 1.165) is 17.9 Å². The summed E-state index contributed by atoms with van der Waals surface area (Å²) in [5.41, 5.74) is 0.554. The highest BCUT2D eigenvalue weighted by Crippen LogP contribution is 2.35. The van der Waals surface area contributed by atoms with Crippen molar-refractivity contribution in [3.05, 3.63) is 76.8 Å². The van der Waals surface area contributed by atoms with Gasteiger partial charge in [0.1, 0.15) is 11.0 Å². The highest BCUT2D eigenvalue weighted by molar-refractivity contribution is 7.93. The molecule has 0 fully saturated rings. The van der Waals surface area contributed by atoms with E-state index in [9.17, 15) is 31.5 Å². The van der Waals surface area contributed by atoms with Crippen LogP contribution in [0.2, 0.25) is 5.02 Å². The van der Waals surface area contributed by atoms with E-state index in [2.05, 4.69) is 15.4 Å². The molecule has 1 atom stereocenters. The number of amides is 2. The molecule has 0 spiro atoms. The van der Waals surface area contributed by atoms with Crippen molar-refractivity contribution >= 4 is 60.3 Å². The van der Waals surface area contributed by atoms with Crippen LogP contribution in [0, 0.1) is 6.92 Å². The number of aryl methyl sites for hydroxylation is 1. The van der Waals surface area contributed by atoms with Gasteiger partial charge in [0.2, 0.25) is 15.9 Å². The second kappa shape index (κ2) is 11.4. The lowest BCUT2D eigenvalue weighted by Crippen LogP contribution is -2.34. The number of hydrogen-bond donors (Lipinski definition) is 4. The molecule has 0 saturated carbocycles. The number of nitrogens with one attached hydrogen (secondary N) is 3. The molecule has 2 amide bonds. The maximum absolute atomic E-state index is 13.1. The maximum atomic E-state index is 13.1. The molecule has 0 aliphatic heterocycles. The Bertz CT molecular complexity index is 1610. The Morgan fingerprint density at radius 2 is 1.61 bits per heavy atom. The van der Waals surface area contributed by atoms with E-state index in [1.807, 2.05) is 0 Å². The van der Waals surface area contributed by atoms with Crippen molar-refractivity contribution in [1.29, 1.82) is 0 Å². The Hall–Kier alpha value is -3.61. The van der Waals surface area contributed by atoms with E-state index in [-0.39, 0.29) is 39.0 Å². The molecule has 0 saturated heterocycles. The number of carbonyl (C=O) groups excluding carboxylic acids is 2. The molecule has 3 aromatic rings.